The third-order valence-electron chi connectivity index (χ3n) is 3.55. The number of nitrogens with one attached hydrogen (secondary N) is 2. The van der Waals surface area contributed by atoms with E-state index < -0.39 is 10.1 Å². The summed E-state index contributed by atoms with van der Waals surface area (Å²) in [6.45, 7) is 0. The van der Waals surface area contributed by atoms with Gasteiger partial charge in [-0.05, 0) is 48.6 Å². The lowest BCUT2D eigenvalue weighted by molar-refractivity contribution is 0.485. The van der Waals surface area contributed by atoms with E-state index in [1.54, 1.807) is 42.5 Å². The number of nitrogens with zero attached hydrogens (tertiary/aromatic N) is 1. The zero-order chi connectivity index (χ0) is 19.8. The van der Waals surface area contributed by atoms with Gasteiger partial charge in [0.2, 0.25) is 0 Å². The van der Waals surface area contributed by atoms with Crippen LogP contribution in [0.3, 0.4) is 0 Å². The first kappa shape index (κ1) is 19.5. The second kappa shape index (κ2) is 9.12. The van der Waals surface area contributed by atoms with Crippen molar-refractivity contribution in [2.75, 3.05) is 5.32 Å². The molecule has 6 nitrogen and oxygen atoms in total. The quantitative estimate of drug-likeness (QED) is 0.278. The summed E-state index contributed by atoms with van der Waals surface area (Å²) in [5.74, 6) is 0.166. The smallest absolute Gasteiger partial charge is 0.339 e. The molecule has 28 heavy (non-hydrogen) atoms. The van der Waals surface area contributed by atoms with Crippen molar-refractivity contribution in [1.29, 1.82) is 0 Å². The van der Waals surface area contributed by atoms with Gasteiger partial charge in [-0.1, -0.05) is 48.5 Å². The van der Waals surface area contributed by atoms with Gasteiger partial charge in [0.05, 0.1) is 6.21 Å². The lowest BCUT2D eigenvalue weighted by atomic mass is 10.2. The van der Waals surface area contributed by atoms with Crippen molar-refractivity contribution in [1.82, 2.24) is 5.43 Å². The Morgan fingerprint density at radius 1 is 0.893 bits per heavy atom. The van der Waals surface area contributed by atoms with Crippen molar-refractivity contribution < 1.29 is 12.6 Å². The van der Waals surface area contributed by atoms with E-state index >= 15 is 0 Å². The predicted octanol–water partition coefficient (Wildman–Crippen LogP) is 3.77. The highest BCUT2D eigenvalue weighted by Crippen LogP contribution is 2.21. The van der Waals surface area contributed by atoms with E-state index in [1.165, 1.54) is 18.3 Å². The van der Waals surface area contributed by atoms with Crippen LogP contribution < -0.4 is 14.9 Å². The minimum atomic E-state index is -3.94. The van der Waals surface area contributed by atoms with Crippen LogP contribution in [0.1, 0.15) is 5.56 Å². The van der Waals surface area contributed by atoms with Crippen LogP contribution in [0.15, 0.2) is 94.9 Å². The van der Waals surface area contributed by atoms with Gasteiger partial charge in [-0.2, -0.15) is 13.5 Å². The van der Waals surface area contributed by atoms with Crippen LogP contribution in [0, 0.1) is 0 Å². The fraction of sp³-hybridized carbons (Fsp3) is 0. The zero-order valence-corrected chi connectivity index (χ0v) is 16.3. The Morgan fingerprint density at radius 3 is 2.21 bits per heavy atom. The molecule has 0 amide bonds. The molecule has 0 bridgehead atoms. The fourth-order valence-corrected chi connectivity index (χ4v) is 3.40. The maximum Gasteiger partial charge on any atom is 0.339 e. The predicted molar refractivity (Wildman–Crippen MR) is 114 cm³/mol. The molecule has 0 aliphatic carbocycles. The Morgan fingerprint density at radius 2 is 1.50 bits per heavy atom. The number of hydrogen-bond donors (Lipinski definition) is 2. The normalized spacial score (nSPS) is 11.1. The van der Waals surface area contributed by atoms with Gasteiger partial charge >= 0.3 is 10.1 Å². The van der Waals surface area contributed by atoms with Crippen LogP contribution >= 0.6 is 12.2 Å². The highest BCUT2D eigenvalue weighted by atomic mass is 32.2. The summed E-state index contributed by atoms with van der Waals surface area (Å²) in [6.07, 6.45) is 1.44. The first-order chi connectivity index (χ1) is 13.5. The summed E-state index contributed by atoms with van der Waals surface area (Å²) in [6, 6.07) is 24.0. The van der Waals surface area contributed by atoms with E-state index in [2.05, 4.69) is 15.8 Å². The number of hydrogen-bond acceptors (Lipinski definition) is 5. The summed E-state index contributed by atoms with van der Waals surface area (Å²) >= 11 is 5.17. The van der Waals surface area contributed by atoms with Crippen LogP contribution in [-0.4, -0.2) is 19.7 Å². The van der Waals surface area contributed by atoms with Crippen molar-refractivity contribution in [3.05, 3.63) is 90.5 Å². The van der Waals surface area contributed by atoms with Gasteiger partial charge in [0.1, 0.15) is 4.90 Å². The molecular formula is C20H17N3O3S2. The number of hydrazone groups is 1. The van der Waals surface area contributed by atoms with Crippen LogP contribution in [0.5, 0.6) is 5.75 Å². The second-order valence-corrected chi connectivity index (χ2v) is 7.53. The van der Waals surface area contributed by atoms with E-state index in [0.717, 1.165) is 5.69 Å². The average molecular weight is 412 g/mol. The molecule has 3 rings (SSSR count). The maximum atomic E-state index is 12.4. The lowest BCUT2D eigenvalue weighted by Gasteiger charge is -2.09. The maximum absolute atomic E-state index is 12.4. The largest absolute Gasteiger partial charge is 0.378 e. The molecule has 0 heterocycles. The summed E-state index contributed by atoms with van der Waals surface area (Å²) in [5.41, 5.74) is 4.00. The van der Waals surface area contributed by atoms with Gasteiger partial charge in [0, 0.05) is 11.3 Å². The summed E-state index contributed by atoms with van der Waals surface area (Å²) in [4.78, 5) is 0.0769. The van der Waals surface area contributed by atoms with E-state index in [4.69, 9.17) is 16.4 Å². The molecule has 0 aromatic heterocycles. The van der Waals surface area contributed by atoms with E-state index in [0.29, 0.717) is 10.7 Å². The van der Waals surface area contributed by atoms with Crippen molar-refractivity contribution in [3.8, 4) is 5.75 Å². The molecular weight excluding hydrogens is 394 g/mol. The van der Waals surface area contributed by atoms with Gasteiger partial charge in [0.25, 0.3) is 0 Å². The molecule has 2 N–H and O–H groups in total. The Bertz CT molecular complexity index is 1070. The molecule has 0 fully saturated rings. The van der Waals surface area contributed by atoms with E-state index in [9.17, 15) is 8.42 Å². The molecule has 0 saturated carbocycles. The fourth-order valence-electron chi connectivity index (χ4n) is 2.26. The number of para-hydroxylation sites is 2. The van der Waals surface area contributed by atoms with Crippen molar-refractivity contribution in [2.24, 2.45) is 5.10 Å². The van der Waals surface area contributed by atoms with E-state index in [1.807, 2.05) is 30.3 Å². The summed E-state index contributed by atoms with van der Waals surface area (Å²) < 4.78 is 30.1. The monoisotopic (exact) mass is 411 g/mol. The van der Waals surface area contributed by atoms with Crippen LogP contribution in [0.2, 0.25) is 0 Å². The number of anilines is 1. The Hall–Kier alpha value is -3.23. The average Bonchev–Trinajstić information content (AvgIpc) is 2.70. The highest BCUT2D eigenvalue weighted by molar-refractivity contribution is 7.87. The molecule has 3 aromatic carbocycles. The van der Waals surface area contributed by atoms with Gasteiger partial charge in [-0.25, -0.2) is 0 Å². The van der Waals surface area contributed by atoms with Gasteiger partial charge < -0.3 is 9.50 Å². The molecule has 0 radical (unpaired) electrons. The topological polar surface area (TPSA) is 79.8 Å². The second-order valence-electron chi connectivity index (χ2n) is 5.58. The molecule has 0 aliphatic heterocycles. The van der Waals surface area contributed by atoms with E-state index in [-0.39, 0.29) is 10.6 Å². The molecule has 0 saturated heterocycles. The number of benzene rings is 3. The minimum absolute atomic E-state index is 0.0769. The van der Waals surface area contributed by atoms with Crippen molar-refractivity contribution in [3.63, 3.8) is 0 Å². The SMILES string of the molecule is O=S(=O)(Oc1ccccc1C=NNC(=S)Nc1ccccc1)c1ccccc1. The molecule has 0 spiro atoms. The molecule has 0 atom stereocenters. The first-order valence-corrected chi connectivity index (χ1v) is 10.1. The van der Waals surface area contributed by atoms with Crippen molar-refractivity contribution >= 4 is 39.4 Å². The van der Waals surface area contributed by atoms with Gasteiger partial charge in [0.15, 0.2) is 10.9 Å². The number of rotatable bonds is 6. The molecule has 0 unspecified atom stereocenters. The first-order valence-electron chi connectivity index (χ1n) is 8.28. The Labute approximate surface area is 169 Å². The Kier molecular flexibility index (Phi) is 6.36. The minimum Gasteiger partial charge on any atom is -0.378 e. The highest BCUT2D eigenvalue weighted by Gasteiger charge is 2.17. The lowest BCUT2D eigenvalue weighted by Crippen LogP contribution is -2.23. The van der Waals surface area contributed by atoms with Crippen LogP contribution in [0.4, 0.5) is 5.69 Å². The Balaban J connectivity index is 1.68. The third-order valence-corrected chi connectivity index (χ3v) is 4.99. The molecule has 142 valence electrons. The summed E-state index contributed by atoms with van der Waals surface area (Å²) in [5, 5.41) is 7.33. The number of thiocarbonyl (C=S) groups is 1. The van der Waals surface area contributed by atoms with Crippen molar-refractivity contribution in [2.45, 2.75) is 4.90 Å². The van der Waals surface area contributed by atoms with Crippen LogP contribution in [0.25, 0.3) is 0 Å². The molecule has 0 aliphatic rings. The molecule has 8 heteroatoms. The van der Waals surface area contributed by atoms with Crippen LogP contribution in [-0.2, 0) is 10.1 Å². The molecule has 3 aromatic rings. The summed E-state index contributed by atoms with van der Waals surface area (Å²) in [7, 11) is -3.94. The van der Waals surface area contributed by atoms with Gasteiger partial charge in [-0.15, -0.1) is 0 Å². The van der Waals surface area contributed by atoms with Gasteiger partial charge in [-0.3, -0.25) is 5.43 Å². The standard InChI is InChI=1S/C20H17N3O3S2/c24-28(25,18-12-5-2-6-13-18)26-19-14-8-7-9-16(19)15-21-23-20(27)22-17-10-3-1-4-11-17/h1-15H,(H2,22,23,27). The zero-order valence-electron chi connectivity index (χ0n) is 14.6. The third kappa shape index (κ3) is 5.38.